The van der Waals surface area contributed by atoms with Gasteiger partial charge in [0.15, 0.2) is 0 Å². The molecule has 0 aliphatic carbocycles. The van der Waals surface area contributed by atoms with Crippen molar-refractivity contribution in [1.82, 2.24) is 0 Å². The number of benzene rings is 2. The van der Waals surface area contributed by atoms with E-state index in [1.165, 1.54) is 0 Å². The quantitative estimate of drug-likeness (QED) is 0.760. The molecule has 1 amide bonds. The third-order valence-electron chi connectivity index (χ3n) is 2.73. The summed E-state index contributed by atoms with van der Waals surface area (Å²) in [6.07, 6.45) is 0. The van der Waals surface area contributed by atoms with E-state index in [4.69, 9.17) is 11.5 Å². The van der Waals surface area contributed by atoms with Gasteiger partial charge in [-0.3, -0.25) is 4.79 Å². The minimum Gasteiger partial charge on any atom is -0.397 e. The van der Waals surface area contributed by atoms with Crippen LogP contribution in [-0.4, -0.2) is 5.91 Å². The highest BCUT2D eigenvalue weighted by molar-refractivity contribution is 9.10. The molecule has 19 heavy (non-hydrogen) atoms. The first-order valence-electron chi connectivity index (χ1n) is 5.70. The van der Waals surface area contributed by atoms with E-state index < -0.39 is 5.91 Å². The summed E-state index contributed by atoms with van der Waals surface area (Å²) in [5.74, 6) is -0.491. The van der Waals surface area contributed by atoms with E-state index in [-0.39, 0.29) is 0 Å². The number of hydrogen-bond acceptors (Lipinski definition) is 3. The number of amides is 1. The molecule has 0 atom stereocenters. The molecule has 0 saturated carbocycles. The molecule has 0 saturated heterocycles. The number of halogens is 1. The largest absolute Gasteiger partial charge is 0.397 e. The Bertz CT molecular complexity index is 641. The van der Waals surface area contributed by atoms with Gasteiger partial charge < -0.3 is 16.8 Å². The summed E-state index contributed by atoms with van der Waals surface area (Å²) in [6.45, 7) is 2.02. The van der Waals surface area contributed by atoms with Gasteiger partial charge in [0.25, 0.3) is 0 Å². The monoisotopic (exact) mass is 319 g/mol. The van der Waals surface area contributed by atoms with Crippen molar-refractivity contribution >= 4 is 38.9 Å². The van der Waals surface area contributed by atoms with E-state index in [9.17, 15) is 4.79 Å². The van der Waals surface area contributed by atoms with Gasteiger partial charge in [-0.1, -0.05) is 6.07 Å². The van der Waals surface area contributed by atoms with Gasteiger partial charge in [-0.15, -0.1) is 0 Å². The van der Waals surface area contributed by atoms with Crippen LogP contribution in [0.1, 0.15) is 15.9 Å². The molecule has 0 aliphatic rings. The number of nitrogens with one attached hydrogen (secondary N) is 1. The Morgan fingerprint density at radius 3 is 2.42 bits per heavy atom. The lowest BCUT2D eigenvalue weighted by Crippen LogP contribution is -2.11. The van der Waals surface area contributed by atoms with Gasteiger partial charge in [0.2, 0.25) is 5.91 Å². The van der Waals surface area contributed by atoms with Gasteiger partial charge in [0.1, 0.15) is 0 Å². The van der Waals surface area contributed by atoms with Gasteiger partial charge in [-0.25, -0.2) is 0 Å². The number of nitrogen functional groups attached to an aromatic ring is 1. The van der Waals surface area contributed by atoms with Gasteiger partial charge >= 0.3 is 0 Å². The zero-order chi connectivity index (χ0) is 14.0. The SMILES string of the molecule is Cc1ccc(Nc2ccc(C(N)=O)cc2N)c(Br)c1. The van der Waals surface area contributed by atoms with E-state index in [2.05, 4.69) is 21.2 Å². The van der Waals surface area contributed by atoms with Crippen LogP contribution in [0.4, 0.5) is 17.1 Å². The molecule has 2 aromatic carbocycles. The zero-order valence-corrected chi connectivity index (χ0v) is 12.0. The van der Waals surface area contributed by atoms with Gasteiger partial charge in [-0.05, 0) is 58.7 Å². The number of nitrogens with two attached hydrogens (primary N) is 2. The number of carbonyl (C=O) groups excluding carboxylic acids is 1. The number of hydrogen-bond donors (Lipinski definition) is 3. The molecular weight excluding hydrogens is 306 g/mol. The summed E-state index contributed by atoms with van der Waals surface area (Å²) in [7, 11) is 0. The summed E-state index contributed by atoms with van der Waals surface area (Å²) in [5.41, 5.74) is 14.8. The lowest BCUT2D eigenvalue weighted by atomic mass is 10.1. The first kappa shape index (κ1) is 13.4. The molecule has 98 valence electrons. The highest BCUT2D eigenvalue weighted by Crippen LogP contribution is 2.29. The average molecular weight is 320 g/mol. The third-order valence-corrected chi connectivity index (χ3v) is 3.39. The van der Waals surface area contributed by atoms with E-state index >= 15 is 0 Å². The molecule has 2 rings (SSSR count). The van der Waals surface area contributed by atoms with Gasteiger partial charge in [0.05, 0.1) is 17.1 Å². The normalized spacial score (nSPS) is 10.2. The predicted octanol–water partition coefficient (Wildman–Crippen LogP) is 3.18. The van der Waals surface area contributed by atoms with Crippen molar-refractivity contribution < 1.29 is 4.79 Å². The van der Waals surface area contributed by atoms with Crippen LogP contribution in [0.3, 0.4) is 0 Å². The van der Waals surface area contributed by atoms with Crippen molar-refractivity contribution in [3.63, 3.8) is 0 Å². The van der Waals surface area contributed by atoms with E-state index in [0.29, 0.717) is 11.3 Å². The standard InChI is InChI=1S/C14H14BrN3O/c1-8-2-4-12(10(15)6-8)18-13-5-3-9(14(17)19)7-11(13)16/h2-7,18H,16H2,1H3,(H2,17,19). The second-order valence-electron chi connectivity index (χ2n) is 4.27. The molecule has 5 N–H and O–H groups in total. The highest BCUT2D eigenvalue weighted by Gasteiger charge is 2.06. The topological polar surface area (TPSA) is 81.1 Å². The fourth-order valence-electron chi connectivity index (χ4n) is 1.70. The summed E-state index contributed by atoms with van der Waals surface area (Å²) in [5, 5.41) is 3.21. The minimum absolute atomic E-state index is 0.394. The van der Waals surface area contributed by atoms with E-state index in [1.807, 2.05) is 25.1 Å². The Kier molecular flexibility index (Phi) is 3.76. The number of rotatable bonds is 3. The van der Waals surface area contributed by atoms with Gasteiger partial charge in [-0.2, -0.15) is 0 Å². The smallest absolute Gasteiger partial charge is 0.248 e. The molecule has 5 heteroatoms. The molecular formula is C14H14BrN3O. The maximum Gasteiger partial charge on any atom is 0.248 e. The van der Waals surface area contributed by atoms with Crippen LogP contribution in [0.15, 0.2) is 40.9 Å². The minimum atomic E-state index is -0.491. The molecule has 2 aromatic rings. The van der Waals surface area contributed by atoms with Crippen LogP contribution in [0, 0.1) is 6.92 Å². The Morgan fingerprint density at radius 1 is 1.16 bits per heavy atom. The van der Waals surface area contributed by atoms with E-state index in [0.717, 1.165) is 21.4 Å². The van der Waals surface area contributed by atoms with Crippen LogP contribution in [0.5, 0.6) is 0 Å². The molecule has 0 unspecified atom stereocenters. The molecule has 0 aromatic heterocycles. The summed E-state index contributed by atoms with van der Waals surface area (Å²) in [4.78, 5) is 11.1. The maximum absolute atomic E-state index is 11.1. The molecule has 0 bridgehead atoms. The lowest BCUT2D eigenvalue weighted by Gasteiger charge is -2.12. The molecule has 0 spiro atoms. The molecule has 0 heterocycles. The van der Waals surface area contributed by atoms with Crippen molar-refractivity contribution in [2.24, 2.45) is 5.73 Å². The predicted molar refractivity (Wildman–Crippen MR) is 81.5 cm³/mol. The lowest BCUT2D eigenvalue weighted by molar-refractivity contribution is 0.100. The van der Waals surface area contributed by atoms with Crippen molar-refractivity contribution in [1.29, 1.82) is 0 Å². The van der Waals surface area contributed by atoms with Crippen LogP contribution in [0.25, 0.3) is 0 Å². The van der Waals surface area contributed by atoms with Gasteiger partial charge in [0, 0.05) is 10.0 Å². The van der Waals surface area contributed by atoms with Crippen LogP contribution >= 0.6 is 15.9 Å². The third kappa shape index (κ3) is 3.06. The maximum atomic E-state index is 11.1. The molecule has 0 aliphatic heterocycles. The van der Waals surface area contributed by atoms with Crippen molar-refractivity contribution in [3.8, 4) is 0 Å². The first-order chi connectivity index (χ1) is 8.97. The average Bonchev–Trinajstić information content (AvgIpc) is 2.34. The summed E-state index contributed by atoms with van der Waals surface area (Å²) in [6, 6.07) is 10.9. The molecule has 0 fully saturated rings. The Hall–Kier alpha value is -2.01. The molecule has 0 radical (unpaired) electrons. The second-order valence-corrected chi connectivity index (χ2v) is 5.13. The number of anilines is 3. The number of aryl methyl sites for hydroxylation is 1. The van der Waals surface area contributed by atoms with Crippen molar-refractivity contribution in [2.75, 3.05) is 11.1 Å². The fourth-order valence-corrected chi connectivity index (χ4v) is 2.29. The van der Waals surface area contributed by atoms with Crippen molar-refractivity contribution in [2.45, 2.75) is 6.92 Å². The fraction of sp³-hybridized carbons (Fsp3) is 0.0714. The summed E-state index contributed by atoms with van der Waals surface area (Å²) >= 11 is 3.49. The summed E-state index contributed by atoms with van der Waals surface area (Å²) < 4.78 is 0.950. The Balaban J connectivity index is 2.31. The zero-order valence-electron chi connectivity index (χ0n) is 10.4. The Labute approximate surface area is 119 Å². The Morgan fingerprint density at radius 2 is 1.84 bits per heavy atom. The number of primary amides is 1. The second kappa shape index (κ2) is 5.32. The first-order valence-corrected chi connectivity index (χ1v) is 6.49. The number of carbonyl (C=O) groups is 1. The molecule has 4 nitrogen and oxygen atoms in total. The van der Waals surface area contributed by atoms with Crippen LogP contribution in [-0.2, 0) is 0 Å². The van der Waals surface area contributed by atoms with Crippen LogP contribution in [0.2, 0.25) is 0 Å². The van der Waals surface area contributed by atoms with E-state index in [1.54, 1.807) is 18.2 Å². The van der Waals surface area contributed by atoms with Crippen LogP contribution < -0.4 is 16.8 Å². The van der Waals surface area contributed by atoms with Crippen molar-refractivity contribution in [3.05, 3.63) is 52.0 Å². The highest BCUT2D eigenvalue weighted by atomic mass is 79.9.